The standard InChI is InChI=1S/C13H10Cl2N2O/c1-17(10-5-3-2-4-6-10)13(18)9-7-11(14)12(15)16-8-9/h2-8H,1H3. The second-order valence-corrected chi connectivity index (χ2v) is 4.46. The van der Waals surface area contributed by atoms with Crippen LogP contribution in [0.25, 0.3) is 0 Å². The van der Waals surface area contributed by atoms with Crippen molar-refractivity contribution >= 4 is 34.8 Å². The zero-order valence-electron chi connectivity index (χ0n) is 9.60. The maximum Gasteiger partial charge on any atom is 0.259 e. The first-order chi connectivity index (χ1) is 8.59. The van der Waals surface area contributed by atoms with Crippen LogP contribution in [0.3, 0.4) is 0 Å². The fourth-order valence-electron chi connectivity index (χ4n) is 1.50. The summed E-state index contributed by atoms with van der Waals surface area (Å²) in [5.41, 5.74) is 1.20. The highest BCUT2D eigenvalue weighted by Gasteiger charge is 2.14. The summed E-state index contributed by atoms with van der Waals surface area (Å²) >= 11 is 11.6. The molecule has 18 heavy (non-hydrogen) atoms. The number of aromatic nitrogens is 1. The van der Waals surface area contributed by atoms with E-state index in [9.17, 15) is 4.79 Å². The molecule has 0 fully saturated rings. The summed E-state index contributed by atoms with van der Waals surface area (Å²) in [7, 11) is 1.69. The van der Waals surface area contributed by atoms with Crippen molar-refractivity contribution < 1.29 is 4.79 Å². The molecule has 1 aromatic heterocycles. The van der Waals surface area contributed by atoms with Crippen LogP contribution in [-0.4, -0.2) is 17.9 Å². The highest BCUT2D eigenvalue weighted by molar-refractivity contribution is 6.41. The molecule has 0 radical (unpaired) electrons. The van der Waals surface area contributed by atoms with Gasteiger partial charge in [-0.25, -0.2) is 4.98 Å². The zero-order valence-corrected chi connectivity index (χ0v) is 11.1. The van der Waals surface area contributed by atoms with Crippen molar-refractivity contribution in [2.45, 2.75) is 0 Å². The first-order valence-electron chi connectivity index (χ1n) is 5.24. The number of pyridine rings is 1. The van der Waals surface area contributed by atoms with Gasteiger partial charge in [0.1, 0.15) is 5.15 Å². The largest absolute Gasteiger partial charge is 0.311 e. The lowest BCUT2D eigenvalue weighted by Gasteiger charge is -2.17. The molecule has 2 aromatic rings. The number of hydrogen-bond donors (Lipinski definition) is 0. The van der Waals surface area contributed by atoms with Crippen LogP contribution in [0.5, 0.6) is 0 Å². The van der Waals surface area contributed by atoms with Gasteiger partial charge in [-0.3, -0.25) is 4.79 Å². The molecule has 3 nitrogen and oxygen atoms in total. The van der Waals surface area contributed by atoms with Gasteiger partial charge in [0, 0.05) is 18.9 Å². The van der Waals surface area contributed by atoms with E-state index in [4.69, 9.17) is 23.2 Å². The van der Waals surface area contributed by atoms with E-state index < -0.39 is 0 Å². The van der Waals surface area contributed by atoms with E-state index in [2.05, 4.69) is 4.98 Å². The lowest BCUT2D eigenvalue weighted by Crippen LogP contribution is -2.26. The van der Waals surface area contributed by atoms with Gasteiger partial charge in [-0.1, -0.05) is 41.4 Å². The third-order valence-electron chi connectivity index (χ3n) is 2.49. The molecule has 2 rings (SSSR count). The zero-order chi connectivity index (χ0) is 13.1. The third kappa shape index (κ3) is 2.63. The number of halogens is 2. The van der Waals surface area contributed by atoms with Gasteiger partial charge in [0.25, 0.3) is 5.91 Å². The number of carbonyl (C=O) groups is 1. The van der Waals surface area contributed by atoms with Crippen molar-refractivity contribution in [3.8, 4) is 0 Å². The average Bonchev–Trinajstić information content (AvgIpc) is 2.41. The number of nitrogens with zero attached hydrogens (tertiary/aromatic N) is 2. The molecule has 0 N–H and O–H groups in total. The molecular formula is C13H10Cl2N2O. The van der Waals surface area contributed by atoms with Gasteiger partial charge < -0.3 is 4.90 Å². The summed E-state index contributed by atoms with van der Waals surface area (Å²) in [5, 5.41) is 0.458. The number of amides is 1. The summed E-state index contributed by atoms with van der Waals surface area (Å²) in [6.07, 6.45) is 1.41. The molecular weight excluding hydrogens is 271 g/mol. The van der Waals surface area contributed by atoms with E-state index in [0.717, 1.165) is 5.69 Å². The van der Waals surface area contributed by atoms with Gasteiger partial charge >= 0.3 is 0 Å². The Labute approximate surface area is 115 Å². The Kier molecular flexibility index (Phi) is 3.84. The highest BCUT2D eigenvalue weighted by Crippen LogP contribution is 2.21. The first-order valence-corrected chi connectivity index (χ1v) is 5.99. The number of hydrogen-bond acceptors (Lipinski definition) is 2. The molecule has 1 aromatic carbocycles. The molecule has 0 aliphatic heterocycles. The van der Waals surface area contributed by atoms with Crippen LogP contribution in [0.4, 0.5) is 5.69 Å². The fourth-order valence-corrected chi connectivity index (χ4v) is 1.77. The minimum Gasteiger partial charge on any atom is -0.311 e. The van der Waals surface area contributed by atoms with Crippen molar-refractivity contribution in [2.75, 3.05) is 11.9 Å². The van der Waals surface area contributed by atoms with E-state index in [1.807, 2.05) is 30.3 Å². The number of carbonyl (C=O) groups excluding carboxylic acids is 1. The number of anilines is 1. The third-order valence-corrected chi connectivity index (χ3v) is 3.18. The summed E-state index contributed by atoms with van der Waals surface area (Å²) in [6.45, 7) is 0. The van der Waals surface area contributed by atoms with Crippen LogP contribution in [-0.2, 0) is 0 Å². The monoisotopic (exact) mass is 280 g/mol. The van der Waals surface area contributed by atoms with E-state index in [0.29, 0.717) is 5.56 Å². The van der Waals surface area contributed by atoms with Crippen molar-refractivity contribution in [1.29, 1.82) is 0 Å². The van der Waals surface area contributed by atoms with E-state index >= 15 is 0 Å². The van der Waals surface area contributed by atoms with Crippen LogP contribution in [0.15, 0.2) is 42.6 Å². The summed E-state index contributed by atoms with van der Waals surface area (Å²) in [6, 6.07) is 10.8. The van der Waals surface area contributed by atoms with Crippen LogP contribution < -0.4 is 4.90 Å². The predicted octanol–water partition coefficient (Wildman–Crippen LogP) is 3.67. The smallest absolute Gasteiger partial charge is 0.259 e. The minimum atomic E-state index is -0.188. The molecule has 0 saturated carbocycles. The molecule has 1 heterocycles. The fraction of sp³-hybridized carbons (Fsp3) is 0.0769. The van der Waals surface area contributed by atoms with Gasteiger partial charge in [0.15, 0.2) is 0 Å². The van der Waals surface area contributed by atoms with E-state index in [1.54, 1.807) is 7.05 Å². The molecule has 0 aliphatic rings. The molecule has 0 aliphatic carbocycles. The van der Waals surface area contributed by atoms with Crippen molar-refractivity contribution in [1.82, 2.24) is 4.98 Å². The number of benzene rings is 1. The van der Waals surface area contributed by atoms with Gasteiger partial charge in [-0.05, 0) is 18.2 Å². The molecule has 0 atom stereocenters. The van der Waals surface area contributed by atoms with Crippen molar-refractivity contribution in [3.05, 3.63) is 58.3 Å². The van der Waals surface area contributed by atoms with Gasteiger partial charge in [0.05, 0.1) is 10.6 Å². The summed E-state index contributed by atoms with van der Waals surface area (Å²) in [4.78, 5) is 17.6. The average molecular weight is 281 g/mol. The summed E-state index contributed by atoms with van der Waals surface area (Å²) < 4.78 is 0. The Morgan fingerprint density at radius 3 is 2.50 bits per heavy atom. The second kappa shape index (κ2) is 5.38. The lowest BCUT2D eigenvalue weighted by atomic mass is 10.2. The molecule has 0 saturated heterocycles. The van der Waals surface area contributed by atoms with Crippen LogP contribution >= 0.6 is 23.2 Å². The van der Waals surface area contributed by atoms with Crippen molar-refractivity contribution in [3.63, 3.8) is 0 Å². The highest BCUT2D eigenvalue weighted by atomic mass is 35.5. The Balaban J connectivity index is 2.29. The van der Waals surface area contributed by atoms with E-state index in [-0.39, 0.29) is 16.1 Å². The quantitative estimate of drug-likeness (QED) is 0.787. The van der Waals surface area contributed by atoms with Gasteiger partial charge in [-0.15, -0.1) is 0 Å². The van der Waals surface area contributed by atoms with Gasteiger partial charge in [0.2, 0.25) is 0 Å². The lowest BCUT2D eigenvalue weighted by molar-refractivity contribution is 0.0992. The summed E-state index contributed by atoms with van der Waals surface area (Å²) in [5.74, 6) is -0.188. The predicted molar refractivity (Wildman–Crippen MR) is 73.4 cm³/mol. The normalized spacial score (nSPS) is 10.2. The first kappa shape index (κ1) is 12.9. The van der Waals surface area contributed by atoms with Crippen LogP contribution in [0.2, 0.25) is 10.2 Å². The maximum absolute atomic E-state index is 12.2. The Hall–Kier alpha value is -1.58. The molecule has 5 heteroatoms. The van der Waals surface area contributed by atoms with E-state index in [1.165, 1.54) is 17.2 Å². The Morgan fingerprint density at radius 1 is 1.22 bits per heavy atom. The number of para-hydroxylation sites is 1. The van der Waals surface area contributed by atoms with Crippen molar-refractivity contribution in [2.24, 2.45) is 0 Å². The van der Waals surface area contributed by atoms with Crippen LogP contribution in [0.1, 0.15) is 10.4 Å². The van der Waals surface area contributed by atoms with Gasteiger partial charge in [-0.2, -0.15) is 0 Å². The maximum atomic E-state index is 12.2. The molecule has 1 amide bonds. The number of rotatable bonds is 2. The van der Waals surface area contributed by atoms with Crippen LogP contribution in [0, 0.1) is 0 Å². The SMILES string of the molecule is CN(C(=O)c1cnc(Cl)c(Cl)c1)c1ccccc1. The Morgan fingerprint density at radius 2 is 1.89 bits per heavy atom. The minimum absolute atomic E-state index is 0.188. The molecule has 92 valence electrons. The second-order valence-electron chi connectivity index (χ2n) is 3.70. The molecule has 0 unspecified atom stereocenters. The molecule has 0 spiro atoms. The Bertz CT molecular complexity index is 572. The topological polar surface area (TPSA) is 33.2 Å². The molecule has 0 bridgehead atoms.